The van der Waals surface area contributed by atoms with Crippen LogP contribution in [-0.4, -0.2) is 38.1 Å². The molecule has 1 aliphatic heterocycles. The molecule has 1 aromatic carbocycles. The minimum absolute atomic E-state index is 0.0924. The van der Waals surface area contributed by atoms with Gasteiger partial charge in [0.25, 0.3) is 5.91 Å². The van der Waals surface area contributed by atoms with E-state index >= 15 is 0 Å². The van der Waals surface area contributed by atoms with Crippen molar-refractivity contribution in [1.82, 2.24) is 20.0 Å². The number of carbonyl (C=O) groups is 2. The summed E-state index contributed by atoms with van der Waals surface area (Å²) >= 11 is 1.59. The summed E-state index contributed by atoms with van der Waals surface area (Å²) in [5.74, 6) is -0.246. The van der Waals surface area contributed by atoms with E-state index in [-0.39, 0.29) is 17.9 Å². The van der Waals surface area contributed by atoms with E-state index in [1.54, 1.807) is 20.9 Å². The Morgan fingerprint density at radius 3 is 2.72 bits per heavy atom. The highest BCUT2D eigenvalue weighted by atomic mass is 32.1. The third-order valence-corrected chi connectivity index (χ3v) is 7.73. The normalized spacial score (nSPS) is 21.1. The van der Waals surface area contributed by atoms with Crippen LogP contribution in [-0.2, 0) is 17.9 Å². The quantitative estimate of drug-likeness (QED) is 0.629. The Hall–Kier alpha value is -2.93. The van der Waals surface area contributed by atoms with Gasteiger partial charge in [0, 0.05) is 12.6 Å². The molecular weight excluding hydrogens is 420 g/mol. The van der Waals surface area contributed by atoms with E-state index < -0.39 is 5.54 Å². The van der Waals surface area contributed by atoms with E-state index in [1.165, 1.54) is 0 Å². The van der Waals surface area contributed by atoms with Crippen molar-refractivity contribution in [2.24, 2.45) is 0 Å². The third-order valence-electron chi connectivity index (χ3n) is 6.84. The molecule has 2 aliphatic rings. The second-order valence-electron chi connectivity index (χ2n) is 9.10. The lowest BCUT2D eigenvalue weighted by Gasteiger charge is -2.44. The van der Waals surface area contributed by atoms with Gasteiger partial charge >= 0.3 is 0 Å². The Morgan fingerprint density at radius 2 is 2.00 bits per heavy atom. The zero-order valence-electron chi connectivity index (χ0n) is 18.5. The SMILES string of the molecule is Cc1ccccc1CN1C(=O)c2cc(-c3cccs3)nn2C[C@@]1(C)C(=O)NC1CCCC1. The minimum atomic E-state index is -1.02. The fourth-order valence-corrected chi connectivity index (χ4v) is 5.48. The molecule has 0 bridgehead atoms. The molecule has 7 heteroatoms. The van der Waals surface area contributed by atoms with Crippen LogP contribution in [0.25, 0.3) is 10.6 Å². The molecule has 1 saturated carbocycles. The van der Waals surface area contributed by atoms with Crippen molar-refractivity contribution in [2.75, 3.05) is 0 Å². The molecule has 32 heavy (non-hydrogen) atoms. The van der Waals surface area contributed by atoms with Crippen molar-refractivity contribution in [3.05, 3.63) is 64.7 Å². The van der Waals surface area contributed by atoms with Gasteiger partial charge in [-0.25, -0.2) is 0 Å². The molecule has 1 aliphatic carbocycles. The molecule has 1 atom stereocenters. The van der Waals surface area contributed by atoms with Gasteiger partial charge in [-0.3, -0.25) is 14.3 Å². The lowest BCUT2D eigenvalue weighted by molar-refractivity contribution is -0.134. The van der Waals surface area contributed by atoms with Crippen LogP contribution in [0.2, 0.25) is 0 Å². The van der Waals surface area contributed by atoms with Gasteiger partial charge < -0.3 is 10.2 Å². The Morgan fingerprint density at radius 1 is 1.22 bits per heavy atom. The summed E-state index contributed by atoms with van der Waals surface area (Å²) in [5.41, 5.74) is 2.45. The average Bonchev–Trinajstić information content (AvgIpc) is 3.53. The van der Waals surface area contributed by atoms with Gasteiger partial charge in [-0.1, -0.05) is 43.2 Å². The van der Waals surface area contributed by atoms with Gasteiger partial charge in [0.1, 0.15) is 16.9 Å². The number of amides is 2. The zero-order chi connectivity index (χ0) is 22.3. The largest absolute Gasteiger partial charge is 0.351 e. The molecule has 0 radical (unpaired) electrons. The summed E-state index contributed by atoms with van der Waals surface area (Å²) in [6, 6.07) is 14.1. The summed E-state index contributed by atoms with van der Waals surface area (Å²) in [4.78, 5) is 30.1. The number of hydrogen-bond donors (Lipinski definition) is 1. The van der Waals surface area contributed by atoms with Crippen LogP contribution in [0.5, 0.6) is 0 Å². The van der Waals surface area contributed by atoms with Crippen LogP contribution in [0.15, 0.2) is 47.8 Å². The van der Waals surface area contributed by atoms with E-state index in [2.05, 4.69) is 5.32 Å². The van der Waals surface area contributed by atoms with Gasteiger partial charge in [0.2, 0.25) is 5.91 Å². The van der Waals surface area contributed by atoms with Gasteiger partial charge in [-0.15, -0.1) is 11.3 Å². The number of fused-ring (bicyclic) bond motifs is 1. The van der Waals surface area contributed by atoms with Crippen LogP contribution in [0.3, 0.4) is 0 Å². The van der Waals surface area contributed by atoms with Crippen molar-refractivity contribution in [1.29, 1.82) is 0 Å². The van der Waals surface area contributed by atoms with Crippen LogP contribution < -0.4 is 5.32 Å². The molecule has 6 nitrogen and oxygen atoms in total. The lowest BCUT2D eigenvalue weighted by atomic mass is 9.93. The molecule has 0 unspecified atom stereocenters. The Labute approximate surface area is 192 Å². The molecule has 3 aromatic rings. The maximum atomic E-state index is 13.8. The fourth-order valence-electron chi connectivity index (χ4n) is 4.80. The summed E-state index contributed by atoms with van der Waals surface area (Å²) in [7, 11) is 0. The first-order chi connectivity index (χ1) is 15.5. The molecule has 2 aromatic heterocycles. The van der Waals surface area contributed by atoms with E-state index in [4.69, 9.17) is 5.10 Å². The van der Waals surface area contributed by atoms with Crippen LogP contribution in [0.1, 0.15) is 54.2 Å². The topological polar surface area (TPSA) is 67.2 Å². The van der Waals surface area contributed by atoms with Crippen molar-refractivity contribution in [3.8, 4) is 10.6 Å². The first-order valence-electron chi connectivity index (χ1n) is 11.2. The van der Waals surface area contributed by atoms with Crippen LogP contribution in [0, 0.1) is 6.92 Å². The molecule has 0 spiro atoms. The van der Waals surface area contributed by atoms with Gasteiger partial charge in [-0.05, 0) is 55.3 Å². The molecule has 3 heterocycles. The van der Waals surface area contributed by atoms with Crippen LogP contribution in [0.4, 0.5) is 0 Å². The maximum absolute atomic E-state index is 13.8. The molecule has 1 fully saturated rings. The Balaban J connectivity index is 1.53. The number of carbonyl (C=O) groups excluding carboxylic acids is 2. The summed E-state index contributed by atoms with van der Waals surface area (Å²) in [6.45, 7) is 4.64. The Kier molecular flexibility index (Phi) is 5.37. The van der Waals surface area contributed by atoms with Gasteiger partial charge in [0.05, 0.1) is 11.4 Å². The maximum Gasteiger partial charge on any atom is 0.273 e. The highest BCUT2D eigenvalue weighted by molar-refractivity contribution is 7.13. The lowest BCUT2D eigenvalue weighted by Crippen LogP contribution is -2.64. The number of aromatic nitrogens is 2. The third kappa shape index (κ3) is 3.64. The summed E-state index contributed by atoms with van der Waals surface area (Å²) in [6.07, 6.45) is 4.29. The molecule has 0 saturated heterocycles. The number of aryl methyl sites for hydroxylation is 1. The smallest absolute Gasteiger partial charge is 0.273 e. The number of hydrogen-bond acceptors (Lipinski definition) is 4. The van der Waals surface area contributed by atoms with Crippen molar-refractivity contribution in [3.63, 3.8) is 0 Å². The highest BCUT2D eigenvalue weighted by Gasteiger charge is 2.48. The van der Waals surface area contributed by atoms with Crippen molar-refractivity contribution in [2.45, 2.75) is 64.2 Å². The predicted octanol–water partition coefficient (Wildman–Crippen LogP) is 4.39. The number of nitrogens with one attached hydrogen (secondary N) is 1. The molecule has 2 amide bonds. The first kappa shape index (κ1) is 20.9. The molecule has 1 N–H and O–H groups in total. The molecule has 166 valence electrons. The number of thiophene rings is 1. The second kappa shape index (κ2) is 8.20. The van der Waals surface area contributed by atoms with Gasteiger partial charge in [0.15, 0.2) is 0 Å². The van der Waals surface area contributed by atoms with Crippen molar-refractivity contribution < 1.29 is 9.59 Å². The number of rotatable bonds is 5. The molecular formula is C25H28N4O2S. The average molecular weight is 449 g/mol. The van der Waals surface area contributed by atoms with Crippen molar-refractivity contribution >= 4 is 23.2 Å². The summed E-state index contributed by atoms with van der Waals surface area (Å²) in [5, 5.41) is 9.94. The van der Waals surface area contributed by atoms with E-state index in [1.807, 2.05) is 61.7 Å². The zero-order valence-corrected chi connectivity index (χ0v) is 19.3. The highest BCUT2D eigenvalue weighted by Crippen LogP contribution is 2.33. The number of benzene rings is 1. The first-order valence-corrected chi connectivity index (χ1v) is 12.1. The van der Waals surface area contributed by atoms with Crippen LogP contribution >= 0.6 is 11.3 Å². The van der Waals surface area contributed by atoms with Gasteiger partial charge in [-0.2, -0.15) is 5.10 Å². The van der Waals surface area contributed by atoms with E-state index in [9.17, 15) is 9.59 Å². The second-order valence-corrected chi connectivity index (χ2v) is 10.0. The minimum Gasteiger partial charge on any atom is -0.351 e. The Bertz CT molecular complexity index is 1150. The standard InChI is InChI=1S/C25H28N4O2S/c1-17-8-3-4-9-18(17)15-28-23(30)21-14-20(22-12-7-13-32-22)27-29(21)16-25(28,2)24(31)26-19-10-5-6-11-19/h3-4,7-9,12-14,19H,5-6,10-11,15-16H2,1-2H3,(H,26,31)/t25-/m0/s1. The molecule has 5 rings (SSSR count). The van der Waals surface area contributed by atoms with E-state index in [0.717, 1.165) is 47.4 Å². The van der Waals surface area contributed by atoms with E-state index in [0.29, 0.717) is 18.8 Å². The summed E-state index contributed by atoms with van der Waals surface area (Å²) < 4.78 is 1.72. The predicted molar refractivity (Wildman–Crippen MR) is 125 cm³/mol. The monoisotopic (exact) mass is 448 g/mol. The number of nitrogens with zero attached hydrogens (tertiary/aromatic N) is 3. The fraction of sp³-hybridized carbons (Fsp3) is 0.400.